The van der Waals surface area contributed by atoms with Crippen molar-refractivity contribution in [2.75, 3.05) is 19.8 Å². The summed E-state index contributed by atoms with van der Waals surface area (Å²) in [5.74, 6) is 0.609. The molecule has 0 aliphatic heterocycles. The van der Waals surface area contributed by atoms with Crippen molar-refractivity contribution in [3.63, 3.8) is 0 Å². The number of aliphatic hydroxyl groups excluding tert-OH is 1. The molecule has 0 bridgehead atoms. The summed E-state index contributed by atoms with van der Waals surface area (Å²) in [6.07, 6.45) is 1.62. The van der Waals surface area contributed by atoms with E-state index in [2.05, 4.69) is 19.2 Å². The SMILES string of the molecule is CCC(C)(CCO)NCCOc1ccc([N+](=O)[O-])cc1. The molecular formula is C14H22N2O4. The Morgan fingerprint density at radius 2 is 2.05 bits per heavy atom. The highest BCUT2D eigenvalue weighted by Gasteiger charge is 2.19. The lowest BCUT2D eigenvalue weighted by molar-refractivity contribution is -0.384. The molecule has 0 amide bonds. The van der Waals surface area contributed by atoms with Gasteiger partial charge in [0.25, 0.3) is 5.69 Å². The highest BCUT2D eigenvalue weighted by atomic mass is 16.6. The van der Waals surface area contributed by atoms with Crippen molar-refractivity contribution in [2.24, 2.45) is 0 Å². The molecule has 0 saturated heterocycles. The van der Waals surface area contributed by atoms with E-state index >= 15 is 0 Å². The molecule has 1 aromatic carbocycles. The standard InChI is InChI=1S/C14H22N2O4/c1-3-14(2,8-10-17)15-9-11-20-13-6-4-12(5-7-13)16(18)19/h4-7,15,17H,3,8-11H2,1-2H3. The van der Waals surface area contributed by atoms with Crippen molar-refractivity contribution in [3.8, 4) is 5.75 Å². The first-order chi connectivity index (χ1) is 9.50. The summed E-state index contributed by atoms with van der Waals surface area (Å²) in [7, 11) is 0. The van der Waals surface area contributed by atoms with Crippen LogP contribution in [0.25, 0.3) is 0 Å². The number of nitrogens with zero attached hydrogens (tertiary/aromatic N) is 1. The van der Waals surface area contributed by atoms with Crippen LogP contribution < -0.4 is 10.1 Å². The lowest BCUT2D eigenvalue weighted by Gasteiger charge is -2.29. The van der Waals surface area contributed by atoms with E-state index in [9.17, 15) is 10.1 Å². The van der Waals surface area contributed by atoms with Crippen molar-refractivity contribution >= 4 is 5.69 Å². The molecule has 0 spiro atoms. The Labute approximate surface area is 118 Å². The van der Waals surface area contributed by atoms with Gasteiger partial charge in [-0.2, -0.15) is 0 Å². The van der Waals surface area contributed by atoms with E-state index < -0.39 is 4.92 Å². The van der Waals surface area contributed by atoms with E-state index in [0.29, 0.717) is 25.3 Å². The first kappa shape index (κ1) is 16.4. The Balaban J connectivity index is 2.35. The number of ether oxygens (including phenoxy) is 1. The van der Waals surface area contributed by atoms with E-state index in [1.807, 2.05) is 0 Å². The monoisotopic (exact) mass is 282 g/mol. The molecule has 0 saturated carbocycles. The molecule has 0 fully saturated rings. The fourth-order valence-corrected chi connectivity index (χ4v) is 1.82. The summed E-state index contributed by atoms with van der Waals surface area (Å²) in [6, 6.07) is 6.02. The zero-order valence-corrected chi connectivity index (χ0v) is 12.0. The van der Waals surface area contributed by atoms with Crippen molar-refractivity contribution in [1.82, 2.24) is 5.32 Å². The van der Waals surface area contributed by atoms with Gasteiger partial charge in [-0.05, 0) is 31.9 Å². The number of nitrogens with one attached hydrogen (secondary N) is 1. The summed E-state index contributed by atoms with van der Waals surface area (Å²) < 4.78 is 5.51. The molecule has 1 atom stereocenters. The second-order valence-corrected chi connectivity index (χ2v) is 4.91. The number of non-ortho nitro benzene ring substituents is 1. The van der Waals surface area contributed by atoms with Crippen LogP contribution in [0.15, 0.2) is 24.3 Å². The van der Waals surface area contributed by atoms with Crippen LogP contribution in [0.1, 0.15) is 26.7 Å². The molecule has 1 aromatic rings. The number of nitro benzene ring substituents is 1. The Morgan fingerprint density at radius 1 is 1.40 bits per heavy atom. The van der Waals surface area contributed by atoms with Crippen molar-refractivity contribution in [3.05, 3.63) is 34.4 Å². The Morgan fingerprint density at radius 3 is 2.55 bits per heavy atom. The third-order valence-electron chi connectivity index (χ3n) is 3.41. The van der Waals surface area contributed by atoms with E-state index in [0.717, 1.165) is 6.42 Å². The van der Waals surface area contributed by atoms with Gasteiger partial charge >= 0.3 is 0 Å². The molecule has 112 valence electrons. The van der Waals surface area contributed by atoms with Crippen LogP contribution in [0.5, 0.6) is 5.75 Å². The summed E-state index contributed by atoms with van der Waals surface area (Å²) in [5, 5.41) is 22.9. The zero-order valence-electron chi connectivity index (χ0n) is 12.0. The van der Waals surface area contributed by atoms with E-state index in [1.165, 1.54) is 12.1 Å². The minimum atomic E-state index is -0.438. The van der Waals surface area contributed by atoms with Crippen LogP contribution >= 0.6 is 0 Å². The predicted molar refractivity (Wildman–Crippen MR) is 77.0 cm³/mol. The van der Waals surface area contributed by atoms with Gasteiger partial charge < -0.3 is 15.2 Å². The third kappa shape index (κ3) is 5.14. The van der Waals surface area contributed by atoms with Crippen molar-refractivity contribution in [2.45, 2.75) is 32.2 Å². The first-order valence-electron chi connectivity index (χ1n) is 6.74. The molecule has 0 aliphatic rings. The van der Waals surface area contributed by atoms with Crippen LogP contribution in [0.2, 0.25) is 0 Å². The van der Waals surface area contributed by atoms with Gasteiger partial charge in [0, 0.05) is 30.8 Å². The van der Waals surface area contributed by atoms with Crippen molar-refractivity contribution < 1.29 is 14.8 Å². The van der Waals surface area contributed by atoms with Crippen LogP contribution in [0.3, 0.4) is 0 Å². The lowest BCUT2D eigenvalue weighted by Crippen LogP contribution is -2.44. The Bertz CT molecular complexity index is 422. The van der Waals surface area contributed by atoms with Gasteiger partial charge in [-0.25, -0.2) is 0 Å². The average Bonchev–Trinajstić information content (AvgIpc) is 2.44. The van der Waals surface area contributed by atoms with Gasteiger partial charge in [-0.15, -0.1) is 0 Å². The number of hydrogen-bond acceptors (Lipinski definition) is 5. The smallest absolute Gasteiger partial charge is 0.269 e. The predicted octanol–water partition coefficient (Wildman–Crippen LogP) is 2.11. The molecule has 20 heavy (non-hydrogen) atoms. The average molecular weight is 282 g/mol. The second kappa shape index (κ2) is 7.81. The summed E-state index contributed by atoms with van der Waals surface area (Å²) in [5.41, 5.74) is -0.0369. The maximum atomic E-state index is 10.5. The van der Waals surface area contributed by atoms with Gasteiger partial charge in [0.1, 0.15) is 12.4 Å². The van der Waals surface area contributed by atoms with Gasteiger partial charge in [0.15, 0.2) is 0 Å². The van der Waals surface area contributed by atoms with E-state index in [-0.39, 0.29) is 17.8 Å². The molecule has 1 unspecified atom stereocenters. The first-order valence-corrected chi connectivity index (χ1v) is 6.74. The molecule has 0 heterocycles. The minimum Gasteiger partial charge on any atom is -0.492 e. The highest BCUT2D eigenvalue weighted by molar-refractivity contribution is 5.35. The number of nitro groups is 1. The molecule has 6 nitrogen and oxygen atoms in total. The second-order valence-electron chi connectivity index (χ2n) is 4.91. The molecule has 1 rings (SSSR count). The third-order valence-corrected chi connectivity index (χ3v) is 3.41. The lowest BCUT2D eigenvalue weighted by atomic mass is 9.95. The molecule has 0 aliphatic carbocycles. The number of benzene rings is 1. The number of rotatable bonds is 9. The number of aliphatic hydroxyl groups is 1. The largest absolute Gasteiger partial charge is 0.492 e. The van der Waals surface area contributed by atoms with E-state index in [1.54, 1.807) is 12.1 Å². The summed E-state index contributed by atoms with van der Waals surface area (Å²) in [4.78, 5) is 10.1. The fraction of sp³-hybridized carbons (Fsp3) is 0.571. The topological polar surface area (TPSA) is 84.6 Å². The maximum absolute atomic E-state index is 10.5. The number of hydrogen-bond donors (Lipinski definition) is 2. The Hall–Kier alpha value is -1.66. The molecule has 6 heteroatoms. The van der Waals surface area contributed by atoms with Gasteiger partial charge in [0.05, 0.1) is 4.92 Å². The summed E-state index contributed by atoms with van der Waals surface area (Å²) >= 11 is 0. The van der Waals surface area contributed by atoms with Crippen LogP contribution in [0.4, 0.5) is 5.69 Å². The maximum Gasteiger partial charge on any atom is 0.269 e. The molecule has 2 N–H and O–H groups in total. The zero-order chi connectivity index (χ0) is 15.0. The summed E-state index contributed by atoms with van der Waals surface area (Å²) in [6.45, 7) is 5.41. The van der Waals surface area contributed by atoms with Gasteiger partial charge in [-0.3, -0.25) is 10.1 Å². The quantitative estimate of drug-likeness (QED) is 0.411. The van der Waals surface area contributed by atoms with Gasteiger partial charge in [-0.1, -0.05) is 6.92 Å². The highest BCUT2D eigenvalue weighted by Crippen LogP contribution is 2.17. The minimum absolute atomic E-state index is 0.0528. The van der Waals surface area contributed by atoms with Crippen LogP contribution in [-0.4, -0.2) is 35.3 Å². The van der Waals surface area contributed by atoms with Crippen molar-refractivity contribution in [1.29, 1.82) is 0 Å². The molecule has 0 radical (unpaired) electrons. The normalized spacial score (nSPS) is 13.8. The Kier molecular flexibility index (Phi) is 6.41. The van der Waals surface area contributed by atoms with Gasteiger partial charge in [0.2, 0.25) is 0 Å². The van der Waals surface area contributed by atoms with Crippen LogP contribution in [-0.2, 0) is 0 Å². The fourth-order valence-electron chi connectivity index (χ4n) is 1.82. The molecular weight excluding hydrogens is 260 g/mol. The van der Waals surface area contributed by atoms with E-state index in [4.69, 9.17) is 9.84 Å². The molecule has 0 aromatic heterocycles. The van der Waals surface area contributed by atoms with Crippen LogP contribution in [0, 0.1) is 10.1 Å².